The number of nitrogens with one attached hydrogen (secondary N) is 1. The molecule has 0 radical (unpaired) electrons. The second kappa shape index (κ2) is 3.04. The van der Waals surface area contributed by atoms with Crippen molar-refractivity contribution in [3.63, 3.8) is 0 Å². The number of aromatic nitrogens is 1. The Balaban J connectivity index is 2.60. The molecule has 0 unspecified atom stereocenters. The van der Waals surface area contributed by atoms with Crippen LogP contribution >= 0.6 is 0 Å². The average molecular weight is 231 g/mol. The van der Waals surface area contributed by atoms with Gasteiger partial charge in [0.05, 0.1) is 5.39 Å². The predicted octanol–water partition coefficient (Wildman–Crippen LogP) is 1.99. The van der Waals surface area contributed by atoms with Gasteiger partial charge in [-0.2, -0.15) is 0 Å². The van der Waals surface area contributed by atoms with Gasteiger partial charge < -0.3 is 19.6 Å². The van der Waals surface area contributed by atoms with Gasteiger partial charge in [0.2, 0.25) is 0 Å². The Labute approximate surface area is 94.9 Å². The SMILES string of the molecule is Cc1cc2oc3cc(O)c(O)cc3c2c(=O)[nH]1. The van der Waals surface area contributed by atoms with Crippen LogP contribution in [0.4, 0.5) is 0 Å². The van der Waals surface area contributed by atoms with Crippen molar-refractivity contribution in [3.05, 3.63) is 34.2 Å². The number of aryl methyl sites for hydroxylation is 1. The van der Waals surface area contributed by atoms with Crippen molar-refractivity contribution < 1.29 is 14.6 Å². The number of hydrogen-bond donors (Lipinski definition) is 3. The van der Waals surface area contributed by atoms with Crippen LogP contribution in [0.25, 0.3) is 21.9 Å². The Hall–Kier alpha value is -2.43. The zero-order valence-electron chi connectivity index (χ0n) is 8.94. The Morgan fingerprint density at radius 3 is 2.59 bits per heavy atom. The van der Waals surface area contributed by atoms with Crippen LogP contribution in [0.2, 0.25) is 0 Å². The van der Waals surface area contributed by atoms with E-state index in [-0.39, 0.29) is 17.1 Å². The lowest BCUT2D eigenvalue weighted by atomic mass is 10.1. The molecule has 17 heavy (non-hydrogen) atoms. The third kappa shape index (κ3) is 1.29. The van der Waals surface area contributed by atoms with Gasteiger partial charge in [-0.3, -0.25) is 4.79 Å². The Bertz CT molecular complexity index is 797. The molecule has 0 aliphatic rings. The maximum atomic E-state index is 11.8. The summed E-state index contributed by atoms with van der Waals surface area (Å²) in [4.78, 5) is 14.5. The number of hydrogen-bond acceptors (Lipinski definition) is 4. The fourth-order valence-corrected chi connectivity index (χ4v) is 1.95. The minimum Gasteiger partial charge on any atom is -0.504 e. The number of aromatic amines is 1. The van der Waals surface area contributed by atoms with Crippen molar-refractivity contribution in [2.45, 2.75) is 6.92 Å². The molecular formula is C12H9NO4. The molecule has 3 rings (SSSR count). The number of aromatic hydroxyl groups is 2. The van der Waals surface area contributed by atoms with E-state index >= 15 is 0 Å². The van der Waals surface area contributed by atoms with Gasteiger partial charge in [0.1, 0.15) is 11.2 Å². The van der Waals surface area contributed by atoms with Crippen molar-refractivity contribution in [2.24, 2.45) is 0 Å². The van der Waals surface area contributed by atoms with Gasteiger partial charge >= 0.3 is 0 Å². The van der Waals surface area contributed by atoms with Gasteiger partial charge in [0, 0.05) is 23.2 Å². The number of pyridine rings is 1. The van der Waals surface area contributed by atoms with Crippen molar-refractivity contribution in [3.8, 4) is 11.5 Å². The Morgan fingerprint density at radius 2 is 1.82 bits per heavy atom. The van der Waals surface area contributed by atoms with E-state index in [0.717, 1.165) is 0 Å². The summed E-state index contributed by atoms with van der Waals surface area (Å²) in [5.74, 6) is -0.551. The number of H-pyrrole nitrogens is 1. The summed E-state index contributed by atoms with van der Waals surface area (Å²) in [6.07, 6.45) is 0. The first-order valence-electron chi connectivity index (χ1n) is 5.04. The van der Waals surface area contributed by atoms with Crippen LogP contribution < -0.4 is 5.56 Å². The molecule has 0 fully saturated rings. The molecule has 0 saturated carbocycles. The largest absolute Gasteiger partial charge is 0.504 e. The summed E-state index contributed by atoms with van der Waals surface area (Å²) < 4.78 is 5.46. The van der Waals surface area contributed by atoms with Gasteiger partial charge in [0.25, 0.3) is 5.56 Å². The molecule has 0 bridgehead atoms. The lowest BCUT2D eigenvalue weighted by molar-refractivity contribution is 0.404. The van der Waals surface area contributed by atoms with Crippen LogP contribution in [-0.4, -0.2) is 15.2 Å². The van der Waals surface area contributed by atoms with Gasteiger partial charge in [-0.1, -0.05) is 0 Å². The highest BCUT2D eigenvalue weighted by Crippen LogP contribution is 2.34. The van der Waals surface area contributed by atoms with Crippen LogP contribution in [0, 0.1) is 6.92 Å². The van der Waals surface area contributed by atoms with E-state index in [0.29, 0.717) is 27.6 Å². The Morgan fingerprint density at radius 1 is 1.12 bits per heavy atom. The average Bonchev–Trinajstić information content (AvgIpc) is 2.56. The van der Waals surface area contributed by atoms with E-state index in [4.69, 9.17) is 4.42 Å². The van der Waals surface area contributed by atoms with E-state index in [9.17, 15) is 15.0 Å². The van der Waals surface area contributed by atoms with E-state index in [1.807, 2.05) is 0 Å². The van der Waals surface area contributed by atoms with Crippen molar-refractivity contribution in [1.29, 1.82) is 0 Å². The van der Waals surface area contributed by atoms with Crippen LogP contribution in [0.5, 0.6) is 11.5 Å². The van der Waals surface area contributed by atoms with Gasteiger partial charge in [-0.25, -0.2) is 0 Å². The monoisotopic (exact) mass is 231 g/mol. The minimum absolute atomic E-state index is 0.273. The van der Waals surface area contributed by atoms with Crippen LogP contribution in [0.1, 0.15) is 5.69 Å². The highest BCUT2D eigenvalue weighted by Gasteiger charge is 2.13. The molecule has 0 atom stereocenters. The molecular weight excluding hydrogens is 222 g/mol. The topological polar surface area (TPSA) is 86.5 Å². The van der Waals surface area contributed by atoms with Crippen LogP contribution in [0.3, 0.4) is 0 Å². The van der Waals surface area contributed by atoms with Gasteiger partial charge in [-0.15, -0.1) is 0 Å². The molecule has 2 heterocycles. The lowest BCUT2D eigenvalue weighted by Crippen LogP contribution is -2.05. The van der Waals surface area contributed by atoms with Crippen molar-refractivity contribution in [1.82, 2.24) is 4.98 Å². The molecule has 86 valence electrons. The van der Waals surface area contributed by atoms with Crippen molar-refractivity contribution in [2.75, 3.05) is 0 Å². The minimum atomic E-state index is -0.278. The first-order valence-corrected chi connectivity index (χ1v) is 5.04. The second-order valence-electron chi connectivity index (χ2n) is 3.96. The first kappa shape index (κ1) is 9.77. The second-order valence-corrected chi connectivity index (χ2v) is 3.96. The number of rotatable bonds is 0. The van der Waals surface area contributed by atoms with E-state index in [2.05, 4.69) is 4.98 Å². The van der Waals surface area contributed by atoms with Crippen LogP contribution in [-0.2, 0) is 0 Å². The predicted molar refractivity (Wildman–Crippen MR) is 62.4 cm³/mol. The third-order valence-corrected chi connectivity index (χ3v) is 2.70. The molecule has 3 aromatic rings. The molecule has 1 aromatic carbocycles. The Kier molecular flexibility index (Phi) is 1.75. The number of furan rings is 1. The fraction of sp³-hybridized carbons (Fsp3) is 0.0833. The van der Waals surface area contributed by atoms with E-state index < -0.39 is 0 Å². The summed E-state index contributed by atoms with van der Waals surface area (Å²) in [6, 6.07) is 4.31. The number of benzene rings is 1. The highest BCUT2D eigenvalue weighted by atomic mass is 16.3. The molecule has 3 N–H and O–H groups in total. The zero-order valence-corrected chi connectivity index (χ0v) is 8.94. The van der Waals surface area contributed by atoms with Crippen molar-refractivity contribution >= 4 is 21.9 Å². The molecule has 5 nitrogen and oxygen atoms in total. The number of phenolic OH excluding ortho intramolecular Hbond substituents is 2. The molecule has 0 spiro atoms. The van der Waals surface area contributed by atoms with E-state index in [1.165, 1.54) is 12.1 Å². The van der Waals surface area contributed by atoms with E-state index in [1.54, 1.807) is 13.0 Å². The maximum absolute atomic E-state index is 11.8. The normalized spacial score (nSPS) is 11.4. The highest BCUT2D eigenvalue weighted by molar-refractivity contribution is 6.05. The summed E-state index contributed by atoms with van der Waals surface area (Å²) >= 11 is 0. The molecule has 5 heteroatoms. The quantitative estimate of drug-likeness (QED) is 0.516. The van der Waals surface area contributed by atoms with Crippen LogP contribution in [0.15, 0.2) is 27.4 Å². The zero-order chi connectivity index (χ0) is 12.2. The molecule has 2 aromatic heterocycles. The fourth-order valence-electron chi connectivity index (χ4n) is 1.95. The smallest absolute Gasteiger partial charge is 0.259 e. The van der Waals surface area contributed by atoms with Gasteiger partial charge in [-0.05, 0) is 13.0 Å². The lowest BCUT2D eigenvalue weighted by Gasteiger charge is -1.95. The number of fused-ring (bicyclic) bond motifs is 3. The summed E-state index contributed by atoms with van der Waals surface area (Å²) in [6.45, 7) is 1.75. The maximum Gasteiger partial charge on any atom is 0.259 e. The molecule has 0 aliphatic heterocycles. The summed E-state index contributed by atoms with van der Waals surface area (Å²) in [5, 5.41) is 19.7. The first-order chi connectivity index (χ1) is 8.06. The molecule has 0 aliphatic carbocycles. The standard InChI is InChI=1S/C12H9NO4/c1-5-2-10-11(12(16)13-5)6-3-7(14)8(15)4-9(6)17-10/h2-4,14-15H,1H3,(H,13,16). The number of phenols is 2. The molecule has 0 amide bonds. The van der Waals surface area contributed by atoms with Gasteiger partial charge in [0.15, 0.2) is 11.5 Å². The third-order valence-electron chi connectivity index (χ3n) is 2.70. The summed E-state index contributed by atoms with van der Waals surface area (Å²) in [7, 11) is 0. The molecule has 0 saturated heterocycles. The summed E-state index contributed by atoms with van der Waals surface area (Å²) in [5.41, 5.74) is 1.22.